The van der Waals surface area contributed by atoms with E-state index in [1.54, 1.807) is 0 Å². The number of unbranched alkanes of at least 4 members (excludes halogenated alkanes) is 72. The van der Waals surface area contributed by atoms with E-state index in [1.807, 2.05) is 0 Å². The van der Waals surface area contributed by atoms with Crippen molar-refractivity contribution in [3.05, 3.63) is 0 Å². The van der Waals surface area contributed by atoms with Crippen LogP contribution in [-0.2, 0) is 23.8 Å². The molecule has 0 spiro atoms. The number of hydrogen-bond donors (Lipinski definition) is 0. The summed E-state index contributed by atoms with van der Waals surface area (Å²) in [7, 11) is 0. The molecule has 0 fully saturated rings. The highest BCUT2D eigenvalue weighted by molar-refractivity contribution is 5.69. The average molecular weight is 1310 g/mol. The molecular formula is C88H174O5. The van der Waals surface area contributed by atoms with Crippen molar-refractivity contribution in [1.29, 1.82) is 0 Å². The van der Waals surface area contributed by atoms with E-state index in [0.29, 0.717) is 26.1 Å². The summed E-state index contributed by atoms with van der Waals surface area (Å²) >= 11 is 0. The summed E-state index contributed by atoms with van der Waals surface area (Å²) in [4.78, 5) is 26.0. The van der Waals surface area contributed by atoms with Gasteiger partial charge in [0.15, 0.2) is 0 Å². The van der Waals surface area contributed by atoms with E-state index in [2.05, 4.69) is 27.7 Å². The lowest BCUT2D eigenvalue weighted by molar-refractivity contribution is -0.156. The first kappa shape index (κ1) is 91.9. The summed E-state index contributed by atoms with van der Waals surface area (Å²) in [5.74, 6) is -0.255. The SMILES string of the molecule is CCCCCCCCCCCCCCCCCCCCCCCCCCCOCC(C)(COC(=O)CCCCCCCCCCCCCCCCCCCCCCCCCCC)COC(=O)CCCCCCCCCCCCCCCCCCCCCCCCCCC. The molecule has 5 heteroatoms. The maximum atomic E-state index is 13.0. The van der Waals surface area contributed by atoms with Crippen LogP contribution >= 0.6 is 0 Å². The average Bonchev–Trinajstić information content (AvgIpc) is 2.87. The minimum Gasteiger partial charge on any atom is -0.465 e. The van der Waals surface area contributed by atoms with Gasteiger partial charge in [-0.3, -0.25) is 9.59 Å². The van der Waals surface area contributed by atoms with Crippen molar-refractivity contribution in [1.82, 2.24) is 0 Å². The molecule has 0 aliphatic heterocycles. The normalized spacial score (nSPS) is 11.8. The number of rotatable bonds is 84. The lowest BCUT2D eigenvalue weighted by Gasteiger charge is -2.28. The summed E-state index contributed by atoms with van der Waals surface area (Å²) in [5, 5.41) is 0. The summed E-state index contributed by atoms with van der Waals surface area (Å²) in [6.07, 6.45) is 105. The zero-order valence-corrected chi connectivity index (χ0v) is 64.8. The zero-order valence-electron chi connectivity index (χ0n) is 64.8. The fraction of sp³-hybridized carbons (Fsp3) is 0.977. The van der Waals surface area contributed by atoms with Gasteiger partial charge in [-0.1, -0.05) is 490 Å². The molecule has 0 saturated carbocycles. The molecule has 0 aromatic rings. The molecule has 93 heavy (non-hydrogen) atoms. The van der Waals surface area contributed by atoms with Crippen molar-refractivity contribution in [2.75, 3.05) is 26.4 Å². The Kier molecular flexibility index (Phi) is 80.6. The summed E-state index contributed by atoms with van der Waals surface area (Å²) in [5.41, 5.74) is -0.546. The van der Waals surface area contributed by atoms with E-state index in [4.69, 9.17) is 14.2 Å². The van der Waals surface area contributed by atoms with Crippen LogP contribution in [-0.4, -0.2) is 38.4 Å². The van der Waals surface area contributed by atoms with Crippen LogP contribution in [0.25, 0.3) is 0 Å². The van der Waals surface area contributed by atoms with E-state index in [0.717, 1.165) is 32.1 Å². The van der Waals surface area contributed by atoms with Gasteiger partial charge in [0, 0.05) is 19.4 Å². The number of carbonyl (C=O) groups excluding carboxylic acids is 2. The number of carbonyl (C=O) groups is 2. The van der Waals surface area contributed by atoms with Gasteiger partial charge in [0.05, 0.1) is 12.0 Å². The molecule has 0 amide bonds. The van der Waals surface area contributed by atoms with E-state index in [1.165, 1.54) is 449 Å². The van der Waals surface area contributed by atoms with Gasteiger partial charge in [0.2, 0.25) is 0 Å². The Morgan fingerprint density at radius 2 is 0.333 bits per heavy atom. The van der Waals surface area contributed by atoms with Crippen molar-refractivity contribution in [2.45, 2.75) is 522 Å². The largest absolute Gasteiger partial charge is 0.465 e. The Bertz CT molecular complexity index is 1310. The molecule has 5 nitrogen and oxygen atoms in total. The molecule has 0 atom stereocenters. The topological polar surface area (TPSA) is 61.8 Å². The van der Waals surface area contributed by atoms with Gasteiger partial charge in [-0.05, 0) is 19.3 Å². The van der Waals surface area contributed by atoms with E-state index in [9.17, 15) is 9.59 Å². The maximum Gasteiger partial charge on any atom is 0.305 e. The summed E-state index contributed by atoms with van der Waals surface area (Å²) in [6, 6.07) is 0. The zero-order chi connectivity index (χ0) is 67.1. The van der Waals surface area contributed by atoms with Crippen LogP contribution < -0.4 is 0 Å². The third-order valence-electron chi connectivity index (χ3n) is 21.0. The lowest BCUT2D eigenvalue weighted by Crippen LogP contribution is -2.36. The molecule has 556 valence electrons. The van der Waals surface area contributed by atoms with Gasteiger partial charge in [0.25, 0.3) is 0 Å². The molecule has 0 unspecified atom stereocenters. The first-order valence-electron chi connectivity index (χ1n) is 43.9. The Hall–Kier alpha value is -1.10. The van der Waals surface area contributed by atoms with Gasteiger partial charge >= 0.3 is 11.9 Å². The van der Waals surface area contributed by atoms with Crippen LogP contribution in [0, 0.1) is 5.41 Å². The molecule has 0 aromatic heterocycles. The monoisotopic (exact) mass is 1310 g/mol. The first-order valence-corrected chi connectivity index (χ1v) is 43.9. The van der Waals surface area contributed by atoms with Crippen LogP contribution in [0.15, 0.2) is 0 Å². The van der Waals surface area contributed by atoms with E-state index < -0.39 is 5.41 Å². The molecule has 0 aliphatic carbocycles. The number of esters is 2. The smallest absolute Gasteiger partial charge is 0.305 e. The molecule has 0 aliphatic rings. The molecule has 0 radical (unpaired) electrons. The van der Waals surface area contributed by atoms with Crippen LogP contribution in [0.2, 0.25) is 0 Å². The highest BCUT2D eigenvalue weighted by Gasteiger charge is 2.29. The molecule has 0 rings (SSSR count). The third-order valence-corrected chi connectivity index (χ3v) is 21.0. The highest BCUT2D eigenvalue weighted by Crippen LogP contribution is 2.24. The lowest BCUT2D eigenvalue weighted by atomic mass is 9.94. The van der Waals surface area contributed by atoms with Gasteiger partial charge in [-0.15, -0.1) is 0 Å². The van der Waals surface area contributed by atoms with Crippen molar-refractivity contribution in [3.63, 3.8) is 0 Å². The Balaban J connectivity index is 4.25. The van der Waals surface area contributed by atoms with E-state index in [-0.39, 0.29) is 25.2 Å². The second-order valence-corrected chi connectivity index (χ2v) is 31.1. The molecule has 0 heterocycles. The quantitative estimate of drug-likeness (QED) is 0.0449. The summed E-state index contributed by atoms with van der Waals surface area (Å²) in [6.45, 7) is 10.6. The van der Waals surface area contributed by atoms with Crippen LogP contribution in [0.5, 0.6) is 0 Å². The predicted octanol–water partition coefficient (Wildman–Crippen LogP) is 31.2. The highest BCUT2D eigenvalue weighted by atomic mass is 16.6. The Labute approximate surface area is 586 Å². The third kappa shape index (κ3) is 79.8. The van der Waals surface area contributed by atoms with E-state index >= 15 is 0 Å². The fourth-order valence-corrected chi connectivity index (χ4v) is 14.3. The number of hydrogen-bond acceptors (Lipinski definition) is 5. The first-order chi connectivity index (χ1) is 46.0. The second kappa shape index (κ2) is 81.6. The standard InChI is InChI=1S/C88H174O5/c1-5-8-11-14-17-20-23-26-29-32-35-38-41-44-47-50-53-56-59-62-65-68-71-74-77-80-86(89)92-84-88(4,83-91-82-79-76-73-70-67-64-61-58-55-52-49-46-43-40-37-34-31-28-25-22-19-16-13-10-7-3)85-93-87(90)81-78-75-72-69-66-63-60-57-54-51-48-45-42-39-36-33-30-27-24-21-18-15-12-9-6-2/h5-85H2,1-4H3. The molecule has 0 saturated heterocycles. The Morgan fingerprint density at radius 1 is 0.194 bits per heavy atom. The van der Waals surface area contributed by atoms with Gasteiger partial charge < -0.3 is 14.2 Å². The predicted molar refractivity (Wildman–Crippen MR) is 413 cm³/mol. The van der Waals surface area contributed by atoms with Gasteiger partial charge in [-0.2, -0.15) is 0 Å². The van der Waals surface area contributed by atoms with Crippen LogP contribution in [0.1, 0.15) is 522 Å². The molecule has 0 bridgehead atoms. The summed E-state index contributed by atoms with van der Waals surface area (Å²) < 4.78 is 18.1. The minimum absolute atomic E-state index is 0.128. The second-order valence-electron chi connectivity index (χ2n) is 31.1. The maximum absolute atomic E-state index is 13.0. The van der Waals surface area contributed by atoms with Crippen LogP contribution in [0.3, 0.4) is 0 Å². The van der Waals surface area contributed by atoms with Crippen molar-refractivity contribution >= 4 is 11.9 Å². The van der Waals surface area contributed by atoms with Crippen molar-refractivity contribution in [3.8, 4) is 0 Å². The fourth-order valence-electron chi connectivity index (χ4n) is 14.3. The minimum atomic E-state index is -0.546. The number of ether oxygens (including phenoxy) is 3. The molecular weight excluding hydrogens is 1140 g/mol. The molecule has 0 N–H and O–H groups in total. The Morgan fingerprint density at radius 3 is 0.495 bits per heavy atom. The van der Waals surface area contributed by atoms with Crippen LogP contribution in [0.4, 0.5) is 0 Å². The van der Waals surface area contributed by atoms with Gasteiger partial charge in [-0.25, -0.2) is 0 Å². The molecule has 0 aromatic carbocycles. The van der Waals surface area contributed by atoms with Crippen molar-refractivity contribution in [2.24, 2.45) is 5.41 Å². The van der Waals surface area contributed by atoms with Crippen molar-refractivity contribution < 1.29 is 23.8 Å². The van der Waals surface area contributed by atoms with Gasteiger partial charge in [0.1, 0.15) is 13.2 Å².